The molecule has 0 atom stereocenters. The second-order valence-electron chi connectivity index (χ2n) is 4.79. The SMILES string of the molecule is CCn1nc(C)cc1C(=O)N(CCO)C1CCC1. The highest BCUT2D eigenvalue weighted by molar-refractivity contribution is 5.93. The standard InChI is InChI=1S/C13H21N3O2/c1-3-16-12(9-10(2)14-16)13(18)15(7-8-17)11-5-4-6-11/h9,11,17H,3-8H2,1-2H3. The first-order valence-electron chi connectivity index (χ1n) is 6.63. The van der Waals surface area contributed by atoms with E-state index in [4.69, 9.17) is 5.11 Å². The fourth-order valence-corrected chi connectivity index (χ4v) is 2.36. The summed E-state index contributed by atoms with van der Waals surface area (Å²) >= 11 is 0. The molecule has 1 aliphatic carbocycles. The number of aliphatic hydroxyl groups excluding tert-OH is 1. The maximum Gasteiger partial charge on any atom is 0.272 e. The average Bonchev–Trinajstić information content (AvgIpc) is 2.66. The monoisotopic (exact) mass is 251 g/mol. The van der Waals surface area contributed by atoms with Gasteiger partial charge >= 0.3 is 0 Å². The zero-order chi connectivity index (χ0) is 13.1. The van der Waals surface area contributed by atoms with Crippen molar-refractivity contribution in [3.8, 4) is 0 Å². The third kappa shape index (κ3) is 2.41. The highest BCUT2D eigenvalue weighted by Crippen LogP contribution is 2.26. The third-order valence-corrected chi connectivity index (χ3v) is 3.54. The lowest BCUT2D eigenvalue weighted by molar-refractivity contribution is 0.0513. The van der Waals surface area contributed by atoms with Gasteiger partial charge in [0.1, 0.15) is 5.69 Å². The number of amides is 1. The molecule has 0 aromatic carbocycles. The summed E-state index contributed by atoms with van der Waals surface area (Å²) in [5.74, 6) is -0.00352. The Hall–Kier alpha value is -1.36. The molecule has 1 saturated carbocycles. The van der Waals surface area contributed by atoms with Crippen LogP contribution >= 0.6 is 0 Å². The topological polar surface area (TPSA) is 58.4 Å². The zero-order valence-corrected chi connectivity index (χ0v) is 11.1. The molecule has 1 N–H and O–H groups in total. The van der Waals surface area contributed by atoms with E-state index in [0.717, 1.165) is 18.5 Å². The Bertz CT molecular complexity index is 424. The molecular weight excluding hydrogens is 230 g/mol. The Kier molecular flexibility index (Phi) is 4.01. The number of aryl methyl sites for hydroxylation is 2. The molecular formula is C13H21N3O2. The highest BCUT2D eigenvalue weighted by atomic mass is 16.3. The minimum Gasteiger partial charge on any atom is -0.395 e. The molecule has 1 aliphatic rings. The van der Waals surface area contributed by atoms with E-state index in [-0.39, 0.29) is 12.5 Å². The number of rotatable bonds is 5. The highest BCUT2D eigenvalue weighted by Gasteiger charge is 2.30. The number of carbonyl (C=O) groups is 1. The second-order valence-corrected chi connectivity index (χ2v) is 4.79. The van der Waals surface area contributed by atoms with Crippen molar-refractivity contribution in [2.45, 2.75) is 45.7 Å². The molecule has 1 aromatic heterocycles. The van der Waals surface area contributed by atoms with Crippen LogP contribution in [0.2, 0.25) is 0 Å². The normalized spacial score (nSPS) is 15.5. The molecule has 2 rings (SSSR count). The summed E-state index contributed by atoms with van der Waals surface area (Å²) in [6.07, 6.45) is 3.27. The molecule has 1 aromatic rings. The first-order chi connectivity index (χ1) is 8.67. The van der Waals surface area contributed by atoms with Crippen molar-refractivity contribution in [3.63, 3.8) is 0 Å². The number of aromatic nitrogens is 2. The molecule has 0 saturated heterocycles. The quantitative estimate of drug-likeness (QED) is 0.855. The van der Waals surface area contributed by atoms with Gasteiger partial charge in [-0.25, -0.2) is 0 Å². The molecule has 0 bridgehead atoms. The Labute approximate surface area is 107 Å². The van der Waals surface area contributed by atoms with E-state index in [1.54, 1.807) is 9.58 Å². The van der Waals surface area contributed by atoms with E-state index in [9.17, 15) is 4.79 Å². The van der Waals surface area contributed by atoms with Crippen LogP contribution in [0.15, 0.2) is 6.07 Å². The van der Waals surface area contributed by atoms with Crippen LogP contribution < -0.4 is 0 Å². The van der Waals surface area contributed by atoms with Crippen LogP contribution in [0.3, 0.4) is 0 Å². The van der Waals surface area contributed by atoms with Gasteiger partial charge < -0.3 is 10.0 Å². The van der Waals surface area contributed by atoms with Crippen LogP contribution in [0.1, 0.15) is 42.4 Å². The summed E-state index contributed by atoms with van der Waals surface area (Å²) in [4.78, 5) is 14.3. The van der Waals surface area contributed by atoms with E-state index < -0.39 is 0 Å². The maximum atomic E-state index is 12.5. The molecule has 1 heterocycles. The molecule has 0 unspecified atom stereocenters. The molecule has 0 aliphatic heterocycles. The van der Waals surface area contributed by atoms with E-state index in [2.05, 4.69) is 5.10 Å². The Balaban J connectivity index is 2.20. The lowest BCUT2D eigenvalue weighted by atomic mass is 9.91. The van der Waals surface area contributed by atoms with Gasteiger partial charge in [-0.05, 0) is 39.2 Å². The van der Waals surface area contributed by atoms with Crippen LogP contribution in [0.4, 0.5) is 0 Å². The van der Waals surface area contributed by atoms with Crippen molar-refractivity contribution in [1.82, 2.24) is 14.7 Å². The van der Waals surface area contributed by atoms with Crippen molar-refractivity contribution >= 4 is 5.91 Å². The maximum absolute atomic E-state index is 12.5. The summed E-state index contributed by atoms with van der Waals surface area (Å²) in [5, 5.41) is 13.4. The first kappa shape index (κ1) is 13.1. The lowest BCUT2D eigenvalue weighted by Gasteiger charge is -2.37. The van der Waals surface area contributed by atoms with E-state index in [0.29, 0.717) is 24.8 Å². The van der Waals surface area contributed by atoms with Crippen molar-refractivity contribution in [2.24, 2.45) is 0 Å². The summed E-state index contributed by atoms with van der Waals surface area (Å²) in [6, 6.07) is 2.12. The Morgan fingerprint density at radius 3 is 2.83 bits per heavy atom. The first-order valence-corrected chi connectivity index (χ1v) is 6.63. The van der Waals surface area contributed by atoms with Crippen molar-refractivity contribution in [1.29, 1.82) is 0 Å². The summed E-state index contributed by atoms with van der Waals surface area (Å²) in [5.41, 5.74) is 1.49. The molecule has 1 amide bonds. The van der Waals surface area contributed by atoms with Crippen LogP contribution in [0, 0.1) is 6.92 Å². The molecule has 0 spiro atoms. The second kappa shape index (κ2) is 5.52. The molecule has 0 radical (unpaired) electrons. The molecule has 18 heavy (non-hydrogen) atoms. The summed E-state index contributed by atoms with van der Waals surface area (Å²) < 4.78 is 1.74. The summed E-state index contributed by atoms with van der Waals surface area (Å²) in [6.45, 7) is 4.98. The van der Waals surface area contributed by atoms with E-state index >= 15 is 0 Å². The van der Waals surface area contributed by atoms with Gasteiger partial charge in [-0.3, -0.25) is 9.48 Å². The third-order valence-electron chi connectivity index (χ3n) is 3.54. The van der Waals surface area contributed by atoms with Crippen LogP contribution in [0.25, 0.3) is 0 Å². The lowest BCUT2D eigenvalue weighted by Crippen LogP contribution is -2.46. The van der Waals surface area contributed by atoms with Gasteiger partial charge in [0.05, 0.1) is 12.3 Å². The molecule has 1 fully saturated rings. The number of carbonyl (C=O) groups excluding carboxylic acids is 1. The molecule has 5 heteroatoms. The van der Waals surface area contributed by atoms with Crippen molar-refractivity contribution in [2.75, 3.05) is 13.2 Å². The average molecular weight is 251 g/mol. The number of nitrogens with zero attached hydrogens (tertiary/aromatic N) is 3. The van der Waals surface area contributed by atoms with Crippen LogP contribution in [-0.2, 0) is 6.54 Å². The smallest absolute Gasteiger partial charge is 0.272 e. The fourth-order valence-electron chi connectivity index (χ4n) is 2.36. The van der Waals surface area contributed by atoms with E-state index in [1.165, 1.54) is 6.42 Å². The van der Waals surface area contributed by atoms with Gasteiger partial charge in [-0.1, -0.05) is 0 Å². The Morgan fingerprint density at radius 2 is 2.33 bits per heavy atom. The summed E-state index contributed by atoms with van der Waals surface area (Å²) in [7, 11) is 0. The van der Waals surface area contributed by atoms with Gasteiger partial charge in [-0.15, -0.1) is 0 Å². The number of hydrogen-bond donors (Lipinski definition) is 1. The van der Waals surface area contributed by atoms with Gasteiger partial charge in [0.15, 0.2) is 0 Å². The largest absolute Gasteiger partial charge is 0.395 e. The predicted molar refractivity (Wildman–Crippen MR) is 68.4 cm³/mol. The molecule has 100 valence electrons. The van der Waals surface area contributed by atoms with Crippen LogP contribution in [-0.4, -0.2) is 44.9 Å². The van der Waals surface area contributed by atoms with Crippen molar-refractivity contribution < 1.29 is 9.90 Å². The Morgan fingerprint density at radius 1 is 1.61 bits per heavy atom. The van der Waals surface area contributed by atoms with Crippen LogP contribution in [0.5, 0.6) is 0 Å². The van der Waals surface area contributed by atoms with Gasteiger partial charge in [0.25, 0.3) is 5.91 Å². The zero-order valence-electron chi connectivity index (χ0n) is 11.1. The minimum absolute atomic E-state index is 0.00352. The minimum atomic E-state index is -0.00352. The predicted octanol–water partition coefficient (Wildman–Crippen LogP) is 1.20. The fraction of sp³-hybridized carbons (Fsp3) is 0.692. The van der Waals surface area contributed by atoms with E-state index in [1.807, 2.05) is 19.9 Å². The van der Waals surface area contributed by atoms with Gasteiger partial charge in [0, 0.05) is 19.1 Å². The molecule has 5 nitrogen and oxygen atoms in total. The van der Waals surface area contributed by atoms with Gasteiger partial charge in [-0.2, -0.15) is 5.10 Å². The van der Waals surface area contributed by atoms with Gasteiger partial charge in [0.2, 0.25) is 0 Å². The number of hydrogen-bond acceptors (Lipinski definition) is 3. The number of aliphatic hydroxyl groups is 1. The van der Waals surface area contributed by atoms with Crippen molar-refractivity contribution in [3.05, 3.63) is 17.5 Å².